The zero-order valence-electron chi connectivity index (χ0n) is 18.0. The third kappa shape index (κ3) is 4.96. The van der Waals surface area contributed by atoms with Gasteiger partial charge in [0.15, 0.2) is 0 Å². The molecule has 0 saturated carbocycles. The summed E-state index contributed by atoms with van der Waals surface area (Å²) in [6, 6.07) is 12.8. The molecule has 0 bridgehead atoms. The number of nitrogens with zero attached hydrogens (tertiary/aromatic N) is 3. The molecule has 1 amide bonds. The highest BCUT2D eigenvalue weighted by Crippen LogP contribution is 2.26. The smallest absolute Gasteiger partial charge is 0.243 e. The lowest BCUT2D eigenvalue weighted by molar-refractivity contribution is -0.137. The van der Waals surface area contributed by atoms with Gasteiger partial charge >= 0.3 is 0 Å². The first-order valence-electron chi connectivity index (χ1n) is 10.8. The molecule has 2 aliphatic rings. The van der Waals surface area contributed by atoms with Crippen LogP contribution in [0, 0.1) is 11.7 Å². The van der Waals surface area contributed by atoms with Crippen LogP contribution < -0.4 is 0 Å². The van der Waals surface area contributed by atoms with Gasteiger partial charge in [0.1, 0.15) is 5.82 Å². The first kappa shape index (κ1) is 23.8. The second kappa shape index (κ2) is 9.49. The Kier molecular flexibility index (Phi) is 6.85. The first-order chi connectivity index (χ1) is 15.7. The minimum atomic E-state index is -3.83. The largest absolute Gasteiger partial charge is 0.340 e. The van der Waals surface area contributed by atoms with Crippen molar-refractivity contribution in [2.45, 2.75) is 22.6 Å². The Bertz CT molecular complexity index is 1200. The maximum Gasteiger partial charge on any atom is 0.243 e. The molecular formula is C22H26FN3O5S2. The van der Waals surface area contributed by atoms with Gasteiger partial charge in [0.2, 0.25) is 26.0 Å². The van der Waals surface area contributed by atoms with Crippen molar-refractivity contribution < 1.29 is 26.0 Å². The van der Waals surface area contributed by atoms with Crippen molar-refractivity contribution in [3.63, 3.8) is 0 Å². The monoisotopic (exact) mass is 495 g/mol. The second-order valence-corrected chi connectivity index (χ2v) is 12.1. The molecule has 2 aromatic carbocycles. The standard InChI is InChI=1S/C22H26FN3O5S2/c23-19-8-10-21(11-9-19)33(30,31)26-12-4-5-18(17-26)22(27)24-13-15-25(16-14-24)32(28,29)20-6-2-1-3-7-20/h1-3,6-11,18H,4-5,12-17H2/t18-/m0/s1. The van der Waals surface area contributed by atoms with E-state index < -0.39 is 31.8 Å². The van der Waals surface area contributed by atoms with Crippen molar-refractivity contribution in [3.05, 3.63) is 60.4 Å². The van der Waals surface area contributed by atoms with E-state index in [4.69, 9.17) is 0 Å². The highest BCUT2D eigenvalue weighted by Gasteiger charge is 2.37. The van der Waals surface area contributed by atoms with Crippen molar-refractivity contribution in [2.24, 2.45) is 5.92 Å². The number of carbonyl (C=O) groups is 1. The van der Waals surface area contributed by atoms with Gasteiger partial charge in [-0.25, -0.2) is 21.2 Å². The fourth-order valence-electron chi connectivity index (χ4n) is 4.27. The van der Waals surface area contributed by atoms with Crippen molar-refractivity contribution >= 4 is 26.0 Å². The second-order valence-electron chi connectivity index (χ2n) is 8.20. The van der Waals surface area contributed by atoms with Crippen molar-refractivity contribution in [1.82, 2.24) is 13.5 Å². The summed E-state index contributed by atoms with van der Waals surface area (Å²) < 4.78 is 67.3. The number of carbonyl (C=O) groups excluding carboxylic acids is 1. The quantitative estimate of drug-likeness (QED) is 0.630. The molecule has 8 nitrogen and oxygen atoms in total. The van der Waals surface area contributed by atoms with Gasteiger partial charge in [-0.1, -0.05) is 18.2 Å². The molecule has 0 unspecified atom stereocenters. The minimum Gasteiger partial charge on any atom is -0.340 e. The van der Waals surface area contributed by atoms with E-state index in [0.29, 0.717) is 19.4 Å². The highest BCUT2D eigenvalue weighted by atomic mass is 32.2. The summed E-state index contributed by atoms with van der Waals surface area (Å²) in [6.07, 6.45) is 1.11. The Labute approximate surface area is 193 Å². The van der Waals surface area contributed by atoms with E-state index in [-0.39, 0.29) is 48.4 Å². The fourth-order valence-corrected chi connectivity index (χ4v) is 7.23. The van der Waals surface area contributed by atoms with Gasteiger partial charge in [0.25, 0.3) is 0 Å². The molecule has 2 aliphatic heterocycles. The van der Waals surface area contributed by atoms with Crippen LogP contribution in [0.2, 0.25) is 0 Å². The van der Waals surface area contributed by atoms with Crippen LogP contribution in [0.3, 0.4) is 0 Å². The van der Waals surface area contributed by atoms with E-state index in [1.807, 2.05) is 0 Å². The van der Waals surface area contributed by atoms with Gasteiger partial charge in [-0.3, -0.25) is 4.79 Å². The number of sulfonamides is 2. The van der Waals surface area contributed by atoms with Crippen molar-refractivity contribution in [3.8, 4) is 0 Å². The van der Waals surface area contributed by atoms with Crippen LogP contribution in [-0.4, -0.2) is 75.5 Å². The number of piperidine rings is 1. The predicted octanol–water partition coefficient (Wildman–Crippen LogP) is 1.76. The number of amides is 1. The van der Waals surface area contributed by atoms with E-state index >= 15 is 0 Å². The molecular weight excluding hydrogens is 469 g/mol. The number of halogens is 1. The molecule has 0 radical (unpaired) electrons. The summed E-state index contributed by atoms with van der Waals surface area (Å²) in [4.78, 5) is 15.0. The predicted molar refractivity (Wildman–Crippen MR) is 120 cm³/mol. The summed E-state index contributed by atoms with van der Waals surface area (Å²) >= 11 is 0. The molecule has 0 N–H and O–H groups in total. The summed E-state index contributed by atoms with van der Waals surface area (Å²) in [6.45, 7) is 1.24. The van der Waals surface area contributed by atoms with Crippen LogP contribution in [0.15, 0.2) is 64.4 Å². The topological polar surface area (TPSA) is 95.1 Å². The Morgan fingerprint density at radius 2 is 1.33 bits per heavy atom. The highest BCUT2D eigenvalue weighted by molar-refractivity contribution is 7.89. The number of hydrogen-bond acceptors (Lipinski definition) is 5. The Morgan fingerprint density at radius 1 is 0.758 bits per heavy atom. The first-order valence-corrected chi connectivity index (χ1v) is 13.7. The summed E-state index contributed by atoms with van der Waals surface area (Å²) in [5.41, 5.74) is 0. The number of rotatable bonds is 5. The average molecular weight is 496 g/mol. The summed E-state index contributed by atoms with van der Waals surface area (Å²) in [5, 5.41) is 0. The van der Waals surface area contributed by atoms with Crippen LogP contribution in [0.4, 0.5) is 4.39 Å². The number of hydrogen-bond donors (Lipinski definition) is 0. The van der Waals surface area contributed by atoms with E-state index in [9.17, 15) is 26.0 Å². The molecule has 1 atom stereocenters. The van der Waals surface area contributed by atoms with E-state index in [1.54, 1.807) is 35.2 Å². The molecule has 33 heavy (non-hydrogen) atoms. The van der Waals surface area contributed by atoms with Gasteiger partial charge in [-0.2, -0.15) is 8.61 Å². The minimum absolute atomic E-state index is 0.00303. The zero-order chi connectivity index (χ0) is 23.6. The third-order valence-corrected chi connectivity index (χ3v) is 9.91. The lowest BCUT2D eigenvalue weighted by atomic mass is 9.98. The maximum atomic E-state index is 13.2. The van der Waals surface area contributed by atoms with E-state index in [0.717, 1.165) is 12.1 Å². The number of piperazine rings is 1. The molecule has 178 valence electrons. The fraction of sp³-hybridized carbons (Fsp3) is 0.409. The van der Waals surface area contributed by atoms with E-state index in [2.05, 4.69) is 0 Å². The van der Waals surface area contributed by atoms with Crippen LogP contribution in [0.25, 0.3) is 0 Å². The van der Waals surface area contributed by atoms with Gasteiger partial charge in [-0.15, -0.1) is 0 Å². The zero-order valence-corrected chi connectivity index (χ0v) is 19.6. The van der Waals surface area contributed by atoms with Crippen molar-refractivity contribution in [1.29, 1.82) is 0 Å². The molecule has 2 saturated heterocycles. The molecule has 2 fully saturated rings. The van der Waals surface area contributed by atoms with Crippen LogP contribution in [0.5, 0.6) is 0 Å². The van der Waals surface area contributed by atoms with Gasteiger partial charge in [-0.05, 0) is 49.2 Å². The van der Waals surface area contributed by atoms with Gasteiger partial charge in [0.05, 0.1) is 15.7 Å². The molecule has 2 heterocycles. The Morgan fingerprint density at radius 3 is 1.97 bits per heavy atom. The van der Waals surface area contributed by atoms with E-state index in [1.165, 1.54) is 20.7 Å². The van der Waals surface area contributed by atoms with Crippen LogP contribution in [-0.2, 0) is 24.8 Å². The summed E-state index contributed by atoms with van der Waals surface area (Å²) in [7, 11) is -7.44. The average Bonchev–Trinajstić information content (AvgIpc) is 2.84. The van der Waals surface area contributed by atoms with Crippen LogP contribution in [0.1, 0.15) is 12.8 Å². The molecule has 4 rings (SSSR count). The maximum absolute atomic E-state index is 13.2. The molecule has 11 heteroatoms. The third-order valence-electron chi connectivity index (χ3n) is 6.12. The van der Waals surface area contributed by atoms with Crippen molar-refractivity contribution in [2.75, 3.05) is 39.3 Å². The normalized spacial score (nSPS) is 21.1. The SMILES string of the molecule is O=C([C@H]1CCCN(S(=O)(=O)c2ccc(F)cc2)C1)N1CCN(S(=O)(=O)c2ccccc2)CC1. The summed E-state index contributed by atoms with van der Waals surface area (Å²) in [5.74, 6) is -1.17. The lowest BCUT2D eigenvalue weighted by Gasteiger charge is -2.38. The van der Waals surface area contributed by atoms with Gasteiger partial charge < -0.3 is 4.90 Å². The lowest BCUT2D eigenvalue weighted by Crippen LogP contribution is -2.54. The Hall–Kier alpha value is -2.34. The molecule has 0 aliphatic carbocycles. The number of benzene rings is 2. The Balaban J connectivity index is 1.39. The molecule has 2 aromatic rings. The van der Waals surface area contributed by atoms with Gasteiger partial charge in [0, 0.05) is 39.3 Å². The molecule has 0 aromatic heterocycles. The van der Waals surface area contributed by atoms with Crippen LogP contribution >= 0.6 is 0 Å². The molecule has 0 spiro atoms.